The van der Waals surface area contributed by atoms with E-state index in [1.807, 2.05) is 6.07 Å². The lowest BCUT2D eigenvalue weighted by Gasteiger charge is -2.35. The summed E-state index contributed by atoms with van der Waals surface area (Å²) in [7, 11) is 0. The summed E-state index contributed by atoms with van der Waals surface area (Å²) in [5.74, 6) is 0. The van der Waals surface area contributed by atoms with E-state index in [0.29, 0.717) is 0 Å². The number of aromatic nitrogens is 1. The number of anilines is 1. The molecule has 0 bridgehead atoms. The molecule has 4 rings (SSSR count). The van der Waals surface area contributed by atoms with Crippen molar-refractivity contribution >= 4 is 44.6 Å². The quantitative estimate of drug-likeness (QED) is 0.689. The summed E-state index contributed by atoms with van der Waals surface area (Å²) in [5.41, 5.74) is 3.40. The molecule has 1 aliphatic heterocycles. The lowest BCUT2D eigenvalue weighted by molar-refractivity contribution is 0.177. The molecule has 0 unspecified atom stereocenters. The summed E-state index contributed by atoms with van der Waals surface area (Å²) in [6, 6.07) is 16.7. The van der Waals surface area contributed by atoms with E-state index in [2.05, 4.69) is 64.5 Å². The third kappa shape index (κ3) is 4.03. The highest BCUT2D eigenvalue weighted by Gasteiger charge is 2.20. The predicted molar refractivity (Wildman–Crippen MR) is 114 cm³/mol. The first-order chi connectivity index (χ1) is 12.7. The van der Waals surface area contributed by atoms with Gasteiger partial charge in [0.15, 0.2) is 5.11 Å². The molecule has 0 radical (unpaired) electrons. The number of piperazine rings is 1. The largest absolute Gasteiger partial charge is 0.346 e. The molecule has 0 saturated carbocycles. The lowest BCUT2D eigenvalue weighted by atomic mass is 10.2. The van der Waals surface area contributed by atoms with Crippen molar-refractivity contribution < 1.29 is 0 Å². The van der Waals surface area contributed by atoms with E-state index in [1.165, 1.54) is 15.3 Å². The monoisotopic (exact) mass is 382 g/mol. The smallest absolute Gasteiger partial charge is 0.173 e. The van der Waals surface area contributed by atoms with Gasteiger partial charge < -0.3 is 10.2 Å². The molecule has 2 aromatic carbocycles. The van der Waals surface area contributed by atoms with E-state index in [4.69, 9.17) is 17.2 Å². The molecule has 1 saturated heterocycles. The Labute approximate surface area is 163 Å². The number of hydrogen-bond donors (Lipinski definition) is 1. The molecule has 0 aliphatic carbocycles. The normalized spacial score (nSPS) is 15.3. The molecule has 26 heavy (non-hydrogen) atoms. The molecule has 2 heterocycles. The van der Waals surface area contributed by atoms with Crippen LogP contribution < -0.4 is 5.32 Å². The number of nitrogens with one attached hydrogen (secondary N) is 1. The first-order valence-corrected chi connectivity index (χ1v) is 10.1. The van der Waals surface area contributed by atoms with Gasteiger partial charge >= 0.3 is 0 Å². The van der Waals surface area contributed by atoms with Crippen molar-refractivity contribution in [3.8, 4) is 0 Å². The standard InChI is InChI=1S/C20H22N4S2/c1-15-5-4-6-16(13-15)21-20(25)24-11-9-23(10-12-24)14-19-22-17-7-2-3-8-18(17)26-19/h2-8,13H,9-12,14H2,1H3,(H,21,25). The summed E-state index contributed by atoms with van der Waals surface area (Å²) >= 11 is 7.39. The fourth-order valence-electron chi connectivity index (χ4n) is 3.21. The Morgan fingerprint density at radius 1 is 1.12 bits per heavy atom. The summed E-state index contributed by atoms with van der Waals surface area (Å²) in [5, 5.41) is 5.37. The minimum Gasteiger partial charge on any atom is -0.346 e. The third-order valence-electron chi connectivity index (χ3n) is 4.63. The van der Waals surface area contributed by atoms with E-state index < -0.39 is 0 Å². The van der Waals surface area contributed by atoms with Crippen LogP contribution in [0.4, 0.5) is 5.69 Å². The van der Waals surface area contributed by atoms with Gasteiger partial charge in [0, 0.05) is 31.9 Å². The van der Waals surface area contributed by atoms with Gasteiger partial charge in [0.05, 0.1) is 16.8 Å². The average molecular weight is 383 g/mol. The molecular weight excluding hydrogens is 360 g/mol. The number of benzene rings is 2. The maximum atomic E-state index is 5.60. The molecule has 0 atom stereocenters. The van der Waals surface area contributed by atoms with Crippen molar-refractivity contribution in [1.82, 2.24) is 14.8 Å². The van der Waals surface area contributed by atoms with Crippen LogP contribution >= 0.6 is 23.6 Å². The molecule has 0 amide bonds. The Morgan fingerprint density at radius 2 is 1.92 bits per heavy atom. The van der Waals surface area contributed by atoms with Gasteiger partial charge in [-0.1, -0.05) is 24.3 Å². The van der Waals surface area contributed by atoms with E-state index >= 15 is 0 Å². The lowest BCUT2D eigenvalue weighted by Crippen LogP contribution is -2.49. The highest BCUT2D eigenvalue weighted by molar-refractivity contribution is 7.80. The summed E-state index contributed by atoms with van der Waals surface area (Å²) in [6.45, 7) is 6.92. The van der Waals surface area contributed by atoms with Crippen LogP contribution in [0.5, 0.6) is 0 Å². The van der Waals surface area contributed by atoms with E-state index in [1.54, 1.807) is 11.3 Å². The Hall–Kier alpha value is -2.02. The third-order valence-corrected chi connectivity index (χ3v) is 6.01. The van der Waals surface area contributed by atoms with Crippen LogP contribution in [0, 0.1) is 6.92 Å². The second kappa shape index (κ2) is 7.70. The van der Waals surface area contributed by atoms with Gasteiger partial charge in [-0.15, -0.1) is 11.3 Å². The Bertz CT molecular complexity index is 880. The molecule has 3 aromatic rings. The van der Waals surface area contributed by atoms with Crippen LogP contribution in [0.3, 0.4) is 0 Å². The number of rotatable bonds is 3. The van der Waals surface area contributed by atoms with Crippen molar-refractivity contribution in [1.29, 1.82) is 0 Å². The Balaban J connectivity index is 1.31. The molecule has 1 N–H and O–H groups in total. The van der Waals surface area contributed by atoms with Crippen LogP contribution in [0.15, 0.2) is 48.5 Å². The highest BCUT2D eigenvalue weighted by Crippen LogP contribution is 2.23. The number of thiocarbonyl (C=S) groups is 1. The SMILES string of the molecule is Cc1cccc(NC(=S)N2CCN(Cc3nc4ccccc4s3)CC2)c1. The van der Waals surface area contributed by atoms with Crippen LogP contribution in [-0.2, 0) is 6.54 Å². The fraction of sp³-hybridized carbons (Fsp3) is 0.300. The van der Waals surface area contributed by atoms with Crippen molar-refractivity contribution in [3.05, 3.63) is 59.1 Å². The fourth-order valence-corrected chi connectivity index (χ4v) is 4.52. The molecule has 0 spiro atoms. The molecular formula is C20H22N4S2. The van der Waals surface area contributed by atoms with Crippen molar-refractivity contribution in [2.45, 2.75) is 13.5 Å². The van der Waals surface area contributed by atoms with Gasteiger partial charge in [0.2, 0.25) is 0 Å². The van der Waals surface area contributed by atoms with Gasteiger partial charge in [-0.25, -0.2) is 4.98 Å². The molecule has 1 aromatic heterocycles. The number of fused-ring (bicyclic) bond motifs is 1. The van der Waals surface area contributed by atoms with E-state index in [0.717, 1.165) is 49.0 Å². The molecule has 1 aliphatic rings. The number of aryl methyl sites for hydroxylation is 1. The van der Waals surface area contributed by atoms with Gasteiger partial charge in [0.25, 0.3) is 0 Å². The van der Waals surface area contributed by atoms with Gasteiger partial charge in [-0.2, -0.15) is 0 Å². The Morgan fingerprint density at radius 3 is 2.69 bits per heavy atom. The minimum atomic E-state index is 0.815. The highest BCUT2D eigenvalue weighted by atomic mass is 32.1. The topological polar surface area (TPSA) is 31.4 Å². The summed E-state index contributed by atoms with van der Waals surface area (Å²) in [6.07, 6.45) is 0. The first-order valence-electron chi connectivity index (χ1n) is 8.87. The average Bonchev–Trinajstić information content (AvgIpc) is 3.04. The van der Waals surface area contributed by atoms with Gasteiger partial charge in [-0.05, 0) is 49.0 Å². The Kier molecular flexibility index (Phi) is 5.15. The van der Waals surface area contributed by atoms with Gasteiger partial charge in [-0.3, -0.25) is 4.90 Å². The molecule has 4 nitrogen and oxygen atoms in total. The van der Waals surface area contributed by atoms with Crippen molar-refractivity contribution in [2.75, 3.05) is 31.5 Å². The zero-order valence-corrected chi connectivity index (χ0v) is 16.4. The number of para-hydroxylation sites is 1. The minimum absolute atomic E-state index is 0.815. The van der Waals surface area contributed by atoms with Gasteiger partial charge in [0.1, 0.15) is 5.01 Å². The maximum Gasteiger partial charge on any atom is 0.173 e. The van der Waals surface area contributed by atoms with Crippen LogP contribution in [0.2, 0.25) is 0 Å². The van der Waals surface area contributed by atoms with Crippen LogP contribution in [0.1, 0.15) is 10.6 Å². The van der Waals surface area contributed by atoms with Crippen LogP contribution in [0.25, 0.3) is 10.2 Å². The second-order valence-electron chi connectivity index (χ2n) is 6.64. The summed E-state index contributed by atoms with van der Waals surface area (Å²) in [4.78, 5) is 9.47. The molecule has 1 fully saturated rings. The zero-order valence-electron chi connectivity index (χ0n) is 14.8. The predicted octanol–water partition coefficient (Wildman–Crippen LogP) is 4.12. The number of nitrogens with zero attached hydrogens (tertiary/aromatic N) is 3. The van der Waals surface area contributed by atoms with Crippen molar-refractivity contribution in [3.63, 3.8) is 0 Å². The second-order valence-corrected chi connectivity index (χ2v) is 8.14. The number of hydrogen-bond acceptors (Lipinski definition) is 4. The van der Waals surface area contributed by atoms with Crippen LogP contribution in [-0.4, -0.2) is 46.1 Å². The molecule has 134 valence electrons. The molecule has 6 heteroatoms. The zero-order chi connectivity index (χ0) is 17.9. The summed E-state index contributed by atoms with van der Waals surface area (Å²) < 4.78 is 1.27. The van der Waals surface area contributed by atoms with Crippen molar-refractivity contribution in [2.24, 2.45) is 0 Å². The van der Waals surface area contributed by atoms with E-state index in [-0.39, 0.29) is 0 Å². The number of thiazole rings is 1. The first kappa shape index (κ1) is 17.4. The maximum absolute atomic E-state index is 5.60. The van der Waals surface area contributed by atoms with E-state index in [9.17, 15) is 0 Å².